The highest BCUT2D eigenvalue weighted by Gasteiger charge is 1.94. The van der Waals surface area contributed by atoms with Crippen LogP contribution in [0.4, 0.5) is 0 Å². The number of unbranched alkanes of at least 4 members (excludes halogenated alkanes) is 2. The van der Waals surface area contributed by atoms with E-state index in [1.807, 2.05) is 0 Å². The van der Waals surface area contributed by atoms with Crippen molar-refractivity contribution in [1.82, 2.24) is 0 Å². The molecule has 0 amide bonds. The predicted octanol–water partition coefficient (Wildman–Crippen LogP) is 2.20. The van der Waals surface area contributed by atoms with Crippen LogP contribution < -0.4 is 0 Å². The third-order valence-electron chi connectivity index (χ3n) is 1.11. The first-order valence-corrected chi connectivity index (χ1v) is 3.22. The van der Waals surface area contributed by atoms with E-state index in [2.05, 4.69) is 6.92 Å². The van der Waals surface area contributed by atoms with Crippen molar-refractivity contribution in [2.45, 2.75) is 38.7 Å². The minimum Gasteiger partial charge on any atom is -0.233 e. The zero-order valence-corrected chi connectivity index (χ0v) is 5.52. The van der Waals surface area contributed by atoms with E-state index in [1.165, 1.54) is 0 Å². The second kappa shape index (κ2) is 5.10. The van der Waals surface area contributed by atoms with Gasteiger partial charge >= 0.3 is 0 Å². The van der Waals surface area contributed by atoms with Gasteiger partial charge in [-0.25, -0.2) is 5.11 Å². The maximum absolute atomic E-state index is 10.4. The lowest BCUT2D eigenvalue weighted by Crippen LogP contribution is -1.95. The molecule has 1 nitrogen and oxygen atoms in total. The molecule has 0 aromatic rings. The molecule has 0 aliphatic heterocycles. The molecule has 8 heavy (non-hydrogen) atoms. The van der Waals surface area contributed by atoms with Crippen LogP contribution >= 0.6 is 0 Å². The summed E-state index contributed by atoms with van der Waals surface area (Å²) in [6.07, 6.45) is 3.56. The molecule has 0 aromatic carbocycles. The predicted molar refractivity (Wildman–Crippen MR) is 34.0 cm³/mol. The fourth-order valence-electron chi connectivity index (χ4n) is 0.609. The van der Waals surface area contributed by atoms with Gasteiger partial charge in [0.25, 0.3) is 0 Å². The van der Waals surface area contributed by atoms with Crippen LogP contribution in [0.3, 0.4) is 0 Å². The molecule has 0 aliphatic carbocycles. The molecule has 0 heterocycles. The molecule has 1 unspecified atom stereocenters. The van der Waals surface area contributed by atoms with Gasteiger partial charge in [-0.2, -0.15) is 0 Å². The van der Waals surface area contributed by atoms with Crippen LogP contribution in [0.25, 0.3) is 0 Å². The topological polar surface area (TPSA) is 19.9 Å². The van der Waals surface area contributed by atoms with Crippen molar-refractivity contribution < 1.29 is 5.11 Å². The Kier molecular flexibility index (Phi) is 5.08. The SMILES string of the molecule is [CH2]CCCCC(C)[O]. The Morgan fingerprint density at radius 1 is 1.50 bits per heavy atom. The third-order valence-corrected chi connectivity index (χ3v) is 1.11. The van der Waals surface area contributed by atoms with Gasteiger partial charge in [0.2, 0.25) is 0 Å². The molecule has 0 saturated carbocycles. The summed E-state index contributed by atoms with van der Waals surface area (Å²) >= 11 is 0. The van der Waals surface area contributed by atoms with E-state index in [1.54, 1.807) is 6.92 Å². The molecular weight excluding hydrogens is 100 g/mol. The van der Waals surface area contributed by atoms with Crippen LogP contribution in [0, 0.1) is 6.92 Å². The van der Waals surface area contributed by atoms with Crippen molar-refractivity contribution in [3.05, 3.63) is 6.92 Å². The standard InChI is InChI=1S/C7H14O/c1-3-4-5-6-7(2)8/h7H,1,3-6H2,2H3. The van der Waals surface area contributed by atoms with Gasteiger partial charge in [0, 0.05) is 0 Å². The molecule has 0 rings (SSSR count). The maximum atomic E-state index is 10.4. The lowest BCUT2D eigenvalue weighted by Gasteiger charge is -1.97. The summed E-state index contributed by atoms with van der Waals surface area (Å²) in [5.41, 5.74) is 0. The average Bonchev–Trinajstić information content (AvgIpc) is 1.66. The van der Waals surface area contributed by atoms with Crippen LogP contribution in [-0.2, 0) is 5.11 Å². The second-order valence-corrected chi connectivity index (χ2v) is 2.16. The fourth-order valence-corrected chi connectivity index (χ4v) is 0.609. The quantitative estimate of drug-likeness (QED) is 0.499. The van der Waals surface area contributed by atoms with Gasteiger partial charge < -0.3 is 0 Å². The Bertz CT molecular complexity index is 41.7. The van der Waals surface area contributed by atoms with Gasteiger partial charge in [-0.1, -0.05) is 26.2 Å². The second-order valence-electron chi connectivity index (χ2n) is 2.16. The van der Waals surface area contributed by atoms with Crippen molar-refractivity contribution in [1.29, 1.82) is 0 Å². The smallest absolute Gasteiger partial charge is 0.0902 e. The molecule has 0 N–H and O–H groups in total. The molecule has 48 valence electrons. The average molecular weight is 114 g/mol. The molecule has 0 fully saturated rings. The Balaban J connectivity index is 2.72. The van der Waals surface area contributed by atoms with Gasteiger partial charge in [-0.3, -0.25) is 0 Å². The van der Waals surface area contributed by atoms with Gasteiger partial charge in [-0.15, -0.1) is 0 Å². The number of hydrogen-bond acceptors (Lipinski definition) is 0. The van der Waals surface area contributed by atoms with Crippen molar-refractivity contribution in [2.75, 3.05) is 0 Å². The minimum absolute atomic E-state index is 0.374. The van der Waals surface area contributed by atoms with Gasteiger partial charge in [0.1, 0.15) is 0 Å². The lowest BCUT2D eigenvalue weighted by molar-refractivity contribution is 0.0953. The van der Waals surface area contributed by atoms with Crippen LogP contribution in [0.1, 0.15) is 32.6 Å². The monoisotopic (exact) mass is 114 g/mol. The highest BCUT2D eigenvalue weighted by molar-refractivity contribution is 4.48. The van der Waals surface area contributed by atoms with E-state index in [-0.39, 0.29) is 6.10 Å². The van der Waals surface area contributed by atoms with E-state index in [9.17, 15) is 5.11 Å². The van der Waals surface area contributed by atoms with E-state index in [0.29, 0.717) is 0 Å². The zero-order chi connectivity index (χ0) is 6.41. The number of rotatable bonds is 4. The van der Waals surface area contributed by atoms with Gasteiger partial charge in [0.05, 0.1) is 6.10 Å². The van der Waals surface area contributed by atoms with Crippen molar-refractivity contribution >= 4 is 0 Å². The van der Waals surface area contributed by atoms with Crippen molar-refractivity contribution in [2.24, 2.45) is 0 Å². The Morgan fingerprint density at radius 3 is 2.50 bits per heavy atom. The fraction of sp³-hybridized carbons (Fsp3) is 0.857. The van der Waals surface area contributed by atoms with Crippen molar-refractivity contribution in [3.8, 4) is 0 Å². The Hall–Kier alpha value is -0.0400. The van der Waals surface area contributed by atoms with Crippen LogP contribution in [-0.4, -0.2) is 6.10 Å². The first kappa shape index (κ1) is 7.96. The molecule has 2 radical (unpaired) electrons. The summed E-state index contributed by atoms with van der Waals surface area (Å²) in [5, 5.41) is 10.4. The van der Waals surface area contributed by atoms with Crippen LogP contribution in [0.15, 0.2) is 0 Å². The first-order valence-electron chi connectivity index (χ1n) is 3.22. The molecule has 0 aromatic heterocycles. The normalized spacial score (nSPS) is 13.9. The molecular formula is C7H14O. The van der Waals surface area contributed by atoms with E-state index >= 15 is 0 Å². The van der Waals surface area contributed by atoms with E-state index in [4.69, 9.17) is 0 Å². The molecule has 0 spiro atoms. The molecule has 0 bridgehead atoms. The minimum atomic E-state index is -0.374. The molecule has 0 saturated heterocycles. The lowest BCUT2D eigenvalue weighted by atomic mass is 10.1. The molecule has 0 aliphatic rings. The van der Waals surface area contributed by atoms with Crippen LogP contribution in [0.5, 0.6) is 0 Å². The molecule has 1 atom stereocenters. The summed E-state index contributed by atoms with van der Waals surface area (Å²) in [6, 6.07) is 0. The van der Waals surface area contributed by atoms with Crippen LogP contribution in [0.2, 0.25) is 0 Å². The summed E-state index contributed by atoms with van der Waals surface area (Å²) in [5.74, 6) is 0. The van der Waals surface area contributed by atoms with E-state index in [0.717, 1.165) is 25.7 Å². The van der Waals surface area contributed by atoms with Gasteiger partial charge in [-0.05, 0) is 13.3 Å². The largest absolute Gasteiger partial charge is 0.233 e. The maximum Gasteiger partial charge on any atom is 0.0902 e. The number of hydrogen-bond donors (Lipinski definition) is 0. The molecule has 1 heteroatoms. The zero-order valence-electron chi connectivity index (χ0n) is 5.52. The third kappa shape index (κ3) is 5.96. The Morgan fingerprint density at radius 2 is 2.12 bits per heavy atom. The Labute approximate surface area is 51.7 Å². The highest BCUT2D eigenvalue weighted by atomic mass is 16.3. The van der Waals surface area contributed by atoms with E-state index < -0.39 is 0 Å². The first-order chi connectivity index (χ1) is 3.77. The summed E-state index contributed by atoms with van der Waals surface area (Å²) in [4.78, 5) is 0. The summed E-state index contributed by atoms with van der Waals surface area (Å²) in [7, 11) is 0. The van der Waals surface area contributed by atoms with Crippen molar-refractivity contribution in [3.63, 3.8) is 0 Å². The summed E-state index contributed by atoms with van der Waals surface area (Å²) in [6.45, 7) is 5.39. The van der Waals surface area contributed by atoms with Gasteiger partial charge in [0.15, 0.2) is 0 Å². The highest BCUT2D eigenvalue weighted by Crippen LogP contribution is 2.01. The summed E-state index contributed by atoms with van der Waals surface area (Å²) < 4.78 is 0.